The van der Waals surface area contributed by atoms with E-state index < -0.39 is 6.10 Å². The summed E-state index contributed by atoms with van der Waals surface area (Å²) >= 11 is 0. The average molecular weight is 333 g/mol. The first-order valence-electron chi connectivity index (χ1n) is 8.62. The molecule has 0 unspecified atom stereocenters. The van der Waals surface area contributed by atoms with Crippen molar-refractivity contribution in [3.63, 3.8) is 0 Å². The smallest absolute Gasteiger partial charge is 0.249 e. The van der Waals surface area contributed by atoms with Crippen LogP contribution in [0.15, 0.2) is 30.3 Å². The third-order valence-electron chi connectivity index (χ3n) is 4.20. The van der Waals surface area contributed by atoms with Gasteiger partial charge in [0.2, 0.25) is 11.8 Å². The van der Waals surface area contributed by atoms with Crippen molar-refractivity contribution in [2.75, 3.05) is 44.2 Å². The first-order chi connectivity index (χ1) is 11.7. The molecule has 0 radical (unpaired) electrons. The molecule has 1 aliphatic heterocycles. The van der Waals surface area contributed by atoms with E-state index in [4.69, 9.17) is 4.74 Å². The quantitative estimate of drug-likeness (QED) is 0.816. The van der Waals surface area contributed by atoms with Crippen LogP contribution in [-0.2, 0) is 14.3 Å². The Bertz CT molecular complexity index is 528. The zero-order chi connectivity index (χ0) is 17.4. The Balaban J connectivity index is 1.75. The molecule has 24 heavy (non-hydrogen) atoms. The predicted molar refractivity (Wildman–Crippen MR) is 93.9 cm³/mol. The lowest BCUT2D eigenvalue weighted by Gasteiger charge is -2.36. The van der Waals surface area contributed by atoms with E-state index in [1.165, 1.54) is 5.69 Å². The van der Waals surface area contributed by atoms with Gasteiger partial charge in [-0.25, -0.2) is 0 Å². The maximum Gasteiger partial charge on any atom is 0.249 e. The van der Waals surface area contributed by atoms with E-state index in [9.17, 15) is 9.59 Å². The third-order valence-corrected chi connectivity index (χ3v) is 4.20. The van der Waals surface area contributed by atoms with Crippen LogP contribution in [0, 0.1) is 0 Å². The number of nitrogens with zero attached hydrogens (tertiary/aromatic N) is 2. The molecular weight excluding hydrogens is 306 g/mol. The highest BCUT2D eigenvalue weighted by molar-refractivity contribution is 5.87. The minimum atomic E-state index is -0.474. The number of nitrogens with one attached hydrogen (secondary N) is 1. The Morgan fingerprint density at radius 2 is 1.79 bits per heavy atom. The van der Waals surface area contributed by atoms with Gasteiger partial charge in [-0.2, -0.15) is 0 Å². The van der Waals surface area contributed by atoms with Gasteiger partial charge in [0.15, 0.2) is 0 Å². The zero-order valence-corrected chi connectivity index (χ0v) is 14.5. The second-order valence-electron chi connectivity index (χ2n) is 5.77. The molecule has 0 aliphatic carbocycles. The molecule has 6 nitrogen and oxygen atoms in total. The number of ether oxygens (including phenoxy) is 1. The van der Waals surface area contributed by atoms with Gasteiger partial charge < -0.3 is 19.9 Å². The van der Waals surface area contributed by atoms with E-state index in [0.29, 0.717) is 26.1 Å². The van der Waals surface area contributed by atoms with E-state index in [-0.39, 0.29) is 18.4 Å². The summed E-state index contributed by atoms with van der Waals surface area (Å²) in [5.74, 6) is -0.252. The molecule has 1 aromatic carbocycles. The molecule has 2 rings (SSSR count). The van der Waals surface area contributed by atoms with E-state index in [2.05, 4.69) is 22.3 Å². The van der Waals surface area contributed by atoms with E-state index in [1.807, 2.05) is 32.0 Å². The molecule has 0 aromatic heterocycles. The molecule has 1 heterocycles. The van der Waals surface area contributed by atoms with Crippen molar-refractivity contribution in [2.45, 2.75) is 26.4 Å². The summed E-state index contributed by atoms with van der Waals surface area (Å²) in [4.78, 5) is 28.3. The molecule has 1 N–H and O–H groups in total. The summed E-state index contributed by atoms with van der Waals surface area (Å²) in [6, 6.07) is 10.2. The molecule has 1 aliphatic rings. The number of hydrogen-bond donors (Lipinski definition) is 1. The van der Waals surface area contributed by atoms with Crippen LogP contribution in [0.5, 0.6) is 0 Å². The largest absolute Gasteiger partial charge is 0.369 e. The van der Waals surface area contributed by atoms with E-state index >= 15 is 0 Å². The Hall–Kier alpha value is -2.08. The SMILES string of the molecule is CCO[C@@H](CC)C(=O)NCC(=O)N1CCN(c2ccccc2)CC1. The van der Waals surface area contributed by atoms with Crippen molar-refractivity contribution in [3.05, 3.63) is 30.3 Å². The number of anilines is 1. The lowest BCUT2D eigenvalue weighted by atomic mass is 10.2. The predicted octanol–water partition coefficient (Wildman–Crippen LogP) is 1.27. The van der Waals surface area contributed by atoms with Gasteiger partial charge in [-0.15, -0.1) is 0 Å². The maximum absolute atomic E-state index is 12.3. The first kappa shape index (κ1) is 18.3. The normalized spacial score (nSPS) is 15.9. The Labute approximate surface area is 143 Å². The van der Waals surface area contributed by atoms with Crippen LogP contribution in [-0.4, -0.2) is 62.1 Å². The van der Waals surface area contributed by atoms with Gasteiger partial charge in [-0.3, -0.25) is 9.59 Å². The number of carbonyl (C=O) groups excluding carboxylic acids is 2. The standard InChI is InChI=1S/C18H27N3O3/c1-3-16(24-4-2)18(23)19-14-17(22)21-12-10-20(11-13-21)15-8-6-5-7-9-15/h5-9,16H,3-4,10-14H2,1-2H3,(H,19,23)/t16-/m0/s1. The summed E-state index contributed by atoms with van der Waals surface area (Å²) in [5, 5.41) is 2.69. The third kappa shape index (κ3) is 4.96. The Morgan fingerprint density at radius 3 is 2.38 bits per heavy atom. The van der Waals surface area contributed by atoms with E-state index in [1.54, 1.807) is 4.90 Å². The summed E-state index contributed by atoms with van der Waals surface area (Å²) in [7, 11) is 0. The molecule has 132 valence electrons. The van der Waals surface area contributed by atoms with Gasteiger partial charge >= 0.3 is 0 Å². The van der Waals surface area contributed by atoms with Crippen LogP contribution in [0.2, 0.25) is 0 Å². The highest BCUT2D eigenvalue weighted by atomic mass is 16.5. The molecule has 0 spiro atoms. The summed E-state index contributed by atoms with van der Waals surface area (Å²) in [6.07, 6.45) is 0.126. The van der Waals surface area contributed by atoms with Crippen LogP contribution in [0.3, 0.4) is 0 Å². The van der Waals surface area contributed by atoms with Crippen molar-refractivity contribution < 1.29 is 14.3 Å². The zero-order valence-electron chi connectivity index (χ0n) is 14.5. The molecule has 1 fully saturated rings. The number of carbonyl (C=O) groups is 2. The highest BCUT2D eigenvalue weighted by Gasteiger charge is 2.23. The average Bonchev–Trinajstić information content (AvgIpc) is 2.64. The molecule has 0 bridgehead atoms. The minimum absolute atomic E-state index is 0.0355. The van der Waals surface area contributed by atoms with Gasteiger partial charge in [-0.05, 0) is 25.5 Å². The molecule has 1 saturated heterocycles. The van der Waals surface area contributed by atoms with Crippen molar-refractivity contribution in [2.24, 2.45) is 0 Å². The first-order valence-corrected chi connectivity index (χ1v) is 8.62. The molecule has 2 amide bonds. The van der Waals surface area contributed by atoms with E-state index in [0.717, 1.165) is 13.1 Å². The second kappa shape index (κ2) is 9.27. The molecule has 1 atom stereocenters. The van der Waals surface area contributed by atoms with Gasteiger partial charge in [0.25, 0.3) is 0 Å². The fourth-order valence-corrected chi connectivity index (χ4v) is 2.82. The number of benzene rings is 1. The van der Waals surface area contributed by atoms with Gasteiger partial charge in [-0.1, -0.05) is 25.1 Å². The monoisotopic (exact) mass is 333 g/mol. The Morgan fingerprint density at radius 1 is 1.12 bits per heavy atom. The maximum atomic E-state index is 12.3. The fourth-order valence-electron chi connectivity index (χ4n) is 2.82. The van der Waals surface area contributed by atoms with Crippen molar-refractivity contribution in [3.8, 4) is 0 Å². The van der Waals surface area contributed by atoms with Crippen molar-refractivity contribution in [1.29, 1.82) is 0 Å². The molecular formula is C18H27N3O3. The number of hydrogen-bond acceptors (Lipinski definition) is 4. The van der Waals surface area contributed by atoms with Crippen LogP contribution >= 0.6 is 0 Å². The molecule has 6 heteroatoms. The van der Waals surface area contributed by atoms with Gasteiger partial charge in [0.1, 0.15) is 6.10 Å². The van der Waals surface area contributed by atoms with Crippen molar-refractivity contribution in [1.82, 2.24) is 10.2 Å². The number of piperazine rings is 1. The minimum Gasteiger partial charge on any atom is -0.369 e. The molecule has 0 saturated carbocycles. The lowest BCUT2D eigenvalue weighted by molar-refractivity contribution is -0.137. The number of amides is 2. The molecule has 1 aromatic rings. The Kier molecular flexibility index (Phi) is 7.06. The van der Waals surface area contributed by atoms with Crippen LogP contribution in [0.4, 0.5) is 5.69 Å². The van der Waals surface area contributed by atoms with Gasteiger partial charge in [0.05, 0.1) is 6.54 Å². The van der Waals surface area contributed by atoms with Crippen molar-refractivity contribution >= 4 is 17.5 Å². The van der Waals surface area contributed by atoms with Gasteiger partial charge in [0, 0.05) is 38.5 Å². The lowest BCUT2D eigenvalue weighted by Crippen LogP contribution is -2.52. The second-order valence-corrected chi connectivity index (χ2v) is 5.77. The van der Waals surface area contributed by atoms with Crippen LogP contribution in [0.1, 0.15) is 20.3 Å². The summed E-state index contributed by atoms with van der Waals surface area (Å²) in [5.41, 5.74) is 1.18. The van der Waals surface area contributed by atoms with Crippen LogP contribution < -0.4 is 10.2 Å². The summed E-state index contributed by atoms with van der Waals surface area (Å²) < 4.78 is 5.35. The number of rotatable bonds is 7. The number of para-hydroxylation sites is 1. The summed E-state index contributed by atoms with van der Waals surface area (Å²) in [6.45, 7) is 7.23. The fraction of sp³-hybridized carbons (Fsp3) is 0.556. The topological polar surface area (TPSA) is 61.9 Å². The van der Waals surface area contributed by atoms with Crippen LogP contribution in [0.25, 0.3) is 0 Å². The highest BCUT2D eigenvalue weighted by Crippen LogP contribution is 2.15.